The number of methoxy groups -OCH3 is 1. The zero-order chi connectivity index (χ0) is 22.9. The molecule has 9 heteroatoms. The molecule has 2 amide bonds. The molecule has 0 radical (unpaired) electrons. The maximum atomic E-state index is 12.9. The van der Waals surface area contributed by atoms with Crippen LogP contribution >= 0.6 is 0 Å². The number of ether oxygens (including phenoxy) is 1. The van der Waals surface area contributed by atoms with E-state index < -0.39 is 15.9 Å². The van der Waals surface area contributed by atoms with Crippen molar-refractivity contribution < 1.29 is 22.7 Å². The van der Waals surface area contributed by atoms with E-state index >= 15 is 0 Å². The molecule has 1 fully saturated rings. The Morgan fingerprint density at radius 3 is 2.55 bits per heavy atom. The molecule has 0 bridgehead atoms. The number of nitrogens with zero attached hydrogens (tertiary/aromatic N) is 2. The molecule has 1 saturated heterocycles. The zero-order valence-corrected chi connectivity index (χ0v) is 19.1. The van der Waals surface area contributed by atoms with Crippen molar-refractivity contribution in [3.8, 4) is 5.75 Å². The number of anilines is 2. The number of rotatable bonds is 6. The summed E-state index contributed by atoms with van der Waals surface area (Å²) in [6.07, 6.45) is 0.0955. The minimum atomic E-state index is -3.76. The summed E-state index contributed by atoms with van der Waals surface area (Å²) in [4.78, 5) is 27.0. The van der Waals surface area contributed by atoms with Gasteiger partial charge in [0.2, 0.25) is 21.8 Å². The molecule has 0 aliphatic carbocycles. The summed E-state index contributed by atoms with van der Waals surface area (Å²) in [6, 6.07) is 10.2. The van der Waals surface area contributed by atoms with Crippen molar-refractivity contribution in [2.45, 2.75) is 25.2 Å². The van der Waals surface area contributed by atoms with Gasteiger partial charge in [-0.05, 0) is 49.2 Å². The number of nitrogens with one attached hydrogen (secondary N) is 1. The van der Waals surface area contributed by atoms with Gasteiger partial charge in [-0.3, -0.25) is 9.59 Å². The second kappa shape index (κ2) is 8.68. The van der Waals surface area contributed by atoms with Gasteiger partial charge >= 0.3 is 0 Å². The van der Waals surface area contributed by atoms with Gasteiger partial charge in [-0.15, -0.1) is 0 Å². The molecule has 2 aromatic rings. The maximum absolute atomic E-state index is 12.9. The lowest BCUT2D eigenvalue weighted by atomic mass is 10.1. The van der Waals surface area contributed by atoms with Crippen molar-refractivity contribution in [3.05, 3.63) is 47.5 Å². The van der Waals surface area contributed by atoms with E-state index in [9.17, 15) is 18.0 Å². The first-order valence-electron chi connectivity index (χ1n) is 9.84. The lowest BCUT2D eigenvalue weighted by Gasteiger charge is -2.20. The van der Waals surface area contributed by atoms with Gasteiger partial charge in [0.25, 0.3) is 0 Å². The van der Waals surface area contributed by atoms with Gasteiger partial charge in [0.15, 0.2) is 0 Å². The van der Waals surface area contributed by atoms with Crippen LogP contribution in [0.1, 0.15) is 17.5 Å². The van der Waals surface area contributed by atoms with Crippen LogP contribution in [0.3, 0.4) is 0 Å². The van der Waals surface area contributed by atoms with E-state index in [-0.39, 0.29) is 35.4 Å². The average Bonchev–Trinajstić information content (AvgIpc) is 3.11. The normalized spacial score (nSPS) is 16.6. The molecule has 31 heavy (non-hydrogen) atoms. The first kappa shape index (κ1) is 22.8. The number of aryl methyl sites for hydroxylation is 1. The van der Waals surface area contributed by atoms with E-state index in [1.165, 1.54) is 33.3 Å². The Labute approximate surface area is 182 Å². The second-order valence-corrected chi connectivity index (χ2v) is 9.89. The predicted molar refractivity (Wildman–Crippen MR) is 119 cm³/mol. The SMILES string of the molecule is COc1ccc(NC(=O)C2CC(=O)N(c3cccc(C)c3C)C2)cc1S(=O)(=O)N(C)C. The Balaban J connectivity index is 1.81. The van der Waals surface area contributed by atoms with Crippen LogP contribution in [0.5, 0.6) is 5.75 Å². The van der Waals surface area contributed by atoms with Crippen LogP contribution in [0.25, 0.3) is 0 Å². The van der Waals surface area contributed by atoms with Crippen LogP contribution in [0.15, 0.2) is 41.3 Å². The molecule has 1 aliphatic rings. The molecule has 1 unspecified atom stereocenters. The highest BCUT2D eigenvalue weighted by molar-refractivity contribution is 7.89. The van der Waals surface area contributed by atoms with E-state index in [1.807, 2.05) is 32.0 Å². The number of amides is 2. The minimum absolute atomic E-state index is 0.0442. The predicted octanol–water partition coefficient (Wildman–Crippen LogP) is 2.55. The standard InChI is InChI=1S/C22H27N3O5S/c1-14-7-6-8-18(15(14)2)25-13-16(11-21(25)26)22(27)23-17-9-10-19(30-5)20(12-17)31(28,29)24(3)4/h6-10,12,16H,11,13H2,1-5H3,(H,23,27). The molecule has 1 N–H and O–H groups in total. The van der Waals surface area contributed by atoms with Gasteiger partial charge in [-0.25, -0.2) is 12.7 Å². The molecule has 1 heterocycles. The van der Waals surface area contributed by atoms with Crippen LogP contribution in [0, 0.1) is 19.8 Å². The highest BCUT2D eigenvalue weighted by Gasteiger charge is 2.36. The maximum Gasteiger partial charge on any atom is 0.246 e. The van der Waals surface area contributed by atoms with E-state index in [1.54, 1.807) is 11.0 Å². The monoisotopic (exact) mass is 445 g/mol. The third-order valence-corrected chi connectivity index (χ3v) is 7.39. The molecular formula is C22H27N3O5S. The fraction of sp³-hybridized carbons (Fsp3) is 0.364. The topological polar surface area (TPSA) is 96.0 Å². The van der Waals surface area contributed by atoms with Gasteiger partial charge in [0, 0.05) is 38.4 Å². The Morgan fingerprint density at radius 2 is 1.90 bits per heavy atom. The third-order valence-electron chi connectivity index (χ3n) is 5.55. The van der Waals surface area contributed by atoms with E-state index in [0.717, 1.165) is 21.1 Å². The van der Waals surface area contributed by atoms with Crippen LogP contribution in [0.2, 0.25) is 0 Å². The summed E-state index contributed by atoms with van der Waals surface area (Å²) in [5.74, 6) is -0.800. The number of carbonyl (C=O) groups excluding carboxylic acids is 2. The van der Waals surface area contributed by atoms with Crippen LogP contribution < -0.4 is 15.0 Å². The Morgan fingerprint density at radius 1 is 1.19 bits per heavy atom. The lowest BCUT2D eigenvalue weighted by molar-refractivity contribution is -0.122. The number of benzene rings is 2. The Hall–Kier alpha value is -2.91. The summed E-state index contributed by atoms with van der Waals surface area (Å²) in [6.45, 7) is 4.20. The molecule has 1 atom stereocenters. The fourth-order valence-electron chi connectivity index (χ4n) is 3.54. The molecule has 3 rings (SSSR count). The quantitative estimate of drug-likeness (QED) is 0.737. The number of hydrogen-bond donors (Lipinski definition) is 1. The molecule has 0 saturated carbocycles. The summed E-state index contributed by atoms with van der Waals surface area (Å²) < 4.78 is 31.4. The molecule has 0 spiro atoms. The summed E-state index contributed by atoms with van der Waals surface area (Å²) >= 11 is 0. The lowest BCUT2D eigenvalue weighted by Crippen LogP contribution is -2.29. The van der Waals surface area contributed by atoms with E-state index in [0.29, 0.717) is 5.69 Å². The van der Waals surface area contributed by atoms with E-state index in [2.05, 4.69) is 5.32 Å². The number of carbonyl (C=O) groups is 2. The van der Waals surface area contributed by atoms with Crippen molar-refractivity contribution in [3.63, 3.8) is 0 Å². The first-order valence-corrected chi connectivity index (χ1v) is 11.3. The average molecular weight is 446 g/mol. The Bertz CT molecular complexity index is 1130. The van der Waals surface area contributed by atoms with Gasteiger partial charge in [-0.1, -0.05) is 12.1 Å². The van der Waals surface area contributed by atoms with Crippen molar-refractivity contribution in [2.24, 2.45) is 5.92 Å². The summed E-state index contributed by atoms with van der Waals surface area (Å²) in [5.41, 5.74) is 3.21. The highest BCUT2D eigenvalue weighted by Crippen LogP contribution is 2.32. The second-order valence-electron chi connectivity index (χ2n) is 7.77. The Kier molecular flexibility index (Phi) is 6.38. The van der Waals surface area contributed by atoms with Gasteiger partial charge in [0.1, 0.15) is 10.6 Å². The van der Waals surface area contributed by atoms with Gasteiger partial charge < -0.3 is 15.0 Å². The van der Waals surface area contributed by atoms with Crippen LogP contribution in [-0.2, 0) is 19.6 Å². The molecule has 8 nitrogen and oxygen atoms in total. The summed E-state index contributed by atoms with van der Waals surface area (Å²) in [5, 5.41) is 2.75. The van der Waals surface area contributed by atoms with Crippen LogP contribution in [0.4, 0.5) is 11.4 Å². The molecule has 166 valence electrons. The third kappa shape index (κ3) is 4.42. The molecule has 2 aromatic carbocycles. The smallest absolute Gasteiger partial charge is 0.246 e. The van der Waals surface area contributed by atoms with Crippen molar-refractivity contribution in [1.82, 2.24) is 4.31 Å². The number of hydrogen-bond acceptors (Lipinski definition) is 5. The van der Waals surface area contributed by atoms with Crippen molar-refractivity contribution in [2.75, 3.05) is 38.0 Å². The fourth-order valence-corrected chi connectivity index (χ4v) is 4.62. The largest absolute Gasteiger partial charge is 0.495 e. The van der Waals surface area contributed by atoms with Crippen LogP contribution in [-0.4, -0.2) is 52.3 Å². The van der Waals surface area contributed by atoms with Gasteiger partial charge in [-0.2, -0.15) is 0 Å². The van der Waals surface area contributed by atoms with Gasteiger partial charge in [0.05, 0.1) is 13.0 Å². The molecular weight excluding hydrogens is 418 g/mol. The highest BCUT2D eigenvalue weighted by atomic mass is 32.2. The van der Waals surface area contributed by atoms with Crippen molar-refractivity contribution in [1.29, 1.82) is 0 Å². The first-order chi connectivity index (χ1) is 14.6. The van der Waals surface area contributed by atoms with Crippen molar-refractivity contribution >= 4 is 33.2 Å². The molecule has 1 aliphatic heterocycles. The summed E-state index contributed by atoms with van der Waals surface area (Å²) in [7, 11) is 0.464. The molecule has 0 aromatic heterocycles. The van der Waals surface area contributed by atoms with E-state index in [4.69, 9.17) is 4.74 Å². The minimum Gasteiger partial charge on any atom is -0.495 e. The zero-order valence-electron chi connectivity index (χ0n) is 18.3. The number of sulfonamides is 1.